The third kappa shape index (κ3) is 3.87. The van der Waals surface area contributed by atoms with Crippen LogP contribution < -0.4 is 5.32 Å². The van der Waals surface area contributed by atoms with Crippen LogP contribution in [0.5, 0.6) is 0 Å². The lowest BCUT2D eigenvalue weighted by Gasteiger charge is -2.23. The van der Waals surface area contributed by atoms with Crippen LogP contribution in [0.2, 0.25) is 0 Å². The van der Waals surface area contributed by atoms with Crippen molar-refractivity contribution in [2.24, 2.45) is 0 Å². The van der Waals surface area contributed by atoms with Crippen LogP contribution in [0.25, 0.3) is 11.3 Å². The Morgan fingerprint density at radius 3 is 2.62 bits per heavy atom. The molecule has 5 heteroatoms. The highest BCUT2D eigenvalue weighted by atomic mass is 16.2. The van der Waals surface area contributed by atoms with Gasteiger partial charge in [0, 0.05) is 36.3 Å². The summed E-state index contributed by atoms with van der Waals surface area (Å²) in [5.74, 6) is 0.997. The molecule has 0 unspecified atom stereocenters. The Kier molecular flexibility index (Phi) is 5.14. The van der Waals surface area contributed by atoms with Crippen molar-refractivity contribution in [3.63, 3.8) is 0 Å². The first-order valence-electron chi connectivity index (χ1n) is 9.78. The second-order valence-electron chi connectivity index (χ2n) is 7.35. The van der Waals surface area contributed by atoms with Crippen molar-refractivity contribution in [1.82, 2.24) is 14.9 Å². The summed E-state index contributed by atoms with van der Waals surface area (Å²) in [5.41, 5.74) is 2.56. The standard InChI is InChI=1S/C21H26N4O/c26-21(25-11-4-5-12-25)17-8-6-7-16(13-17)19-14-20(23-15-22-19)24-18-9-2-1-3-10-18/h6-8,13-15,18H,1-5,9-12H2,(H,22,23,24). The van der Waals surface area contributed by atoms with Gasteiger partial charge in [0.1, 0.15) is 12.1 Å². The normalized spacial score (nSPS) is 18.1. The van der Waals surface area contributed by atoms with Crippen LogP contribution in [0, 0.1) is 0 Å². The number of anilines is 1. The number of amides is 1. The Bertz CT molecular complexity index is 764. The minimum atomic E-state index is 0.124. The maximum atomic E-state index is 12.6. The van der Waals surface area contributed by atoms with Crippen LogP contribution in [0.15, 0.2) is 36.7 Å². The van der Waals surface area contributed by atoms with E-state index in [2.05, 4.69) is 15.3 Å². The molecule has 0 radical (unpaired) electrons. The first-order chi connectivity index (χ1) is 12.8. The first-order valence-corrected chi connectivity index (χ1v) is 9.78. The number of hydrogen-bond donors (Lipinski definition) is 1. The highest BCUT2D eigenvalue weighted by Crippen LogP contribution is 2.24. The summed E-state index contributed by atoms with van der Waals surface area (Å²) in [6.45, 7) is 1.73. The van der Waals surface area contributed by atoms with Gasteiger partial charge in [0.05, 0.1) is 5.69 Å². The third-order valence-corrected chi connectivity index (χ3v) is 5.42. The number of rotatable bonds is 4. The van der Waals surface area contributed by atoms with Crippen molar-refractivity contribution in [1.29, 1.82) is 0 Å². The predicted octanol–water partition coefficient (Wildman–Crippen LogP) is 4.12. The zero-order valence-corrected chi connectivity index (χ0v) is 15.2. The van der Waals surface area contributed by atoms with Gasteiger partial charge in [0.25, 0.3) is 5.91 Å². The van der Waals surface area contributed by atoms with Gasteiger partial charge in [-0.05, 0) is 37.8 Å². The second-order valence-corrected chi connectivity index (χ2v) is 7.35. The van der Waals surface area contributed by atoms with E-state index in [0.29, 0.717) is 6.04 Å². The Hall–Kier alpha value is -2.43. The quantitative estimate of drug-likeness (QED) is 0.901. The molecule has 1 aromatic heterocycles. The summed E-state index contributed by atoms with van der Waals surface area (Å²) in [6.07, 6.45) is 10.1. The molecule has 1 amide bonds. The molecule has 136 valence electrons. The van der Waals surface area contributed by atoms with E-state index in [-0.39, 0.29) is 5.91 Å². The Morgan fingerprint density at radius 1 is 1.00 bits per heavy atom. The average molecular weight is 350 g/mol. The summed E-state index contributed by atoms with van der Waals surface area (Å²) in [7, 11) is 0. The van der Waals surface area contributed by atoms with E-state index in [1.54, 1.807) is 6.33 Å². The van der Waals surface area contributed by atoms with Gasteiger partial charge in [-0.15, -0.1) is 0 Å². The van der Waals surface area contributed by atoms with Gasteiger partial charge in [-0.3, -0.25) is 4.79 Å². The molecular weight excluding hydrogens is 324 g/mol. The fraction of sp³-hybridized carbons (Fsp3) is 0.476. The molecule has 0 atom stereocenters. The van der Waals surface area contributed by atoms with Crippen molar-refractivity contribution in [3.05, 3.63) is 42.2 Å². The molecule has 1 aliphatic heterocycles. The van der Waals surface area contributed by atoms with E-state index in [9.17, 15) is 4.79 Å². The predicted molar refractivity (Wildman–Crippen MR) is 103 cm³/mol. The van der Waals surface area contributed by atoms with Crippen molar-refractivity contribution >= 4 is 11.7 Å². The molecule has 5 nitrogen and oxygen atoms in total. The number of benzene rings is 1. The Labute approximate surface area is 154 Å². The average Bonchev–Trinajstić information content (AvgIpc) is 3.23. The lowest BCUT2D eigenvalue weighted by molar-refractivity contribution is 0.0793. The minimum absolute atomic E-state index is 0.124. The SMILES string of the molecule is O=C(c1cccc(-c2cc(NC3CCCCC3)ncn2)c1)N1CCCC1. The number of hydrogen-bond acceptors (Lipinski definition) is 4. The first kappa shape index (κ1) is 17.0. The number of nitrogens with zero attached hydrogens (tertiary/aromatic N) is 3. The number of likely N-dealkylation sites (tertiary alicyclic amines) is 1. The zero-order valence-electron chi connectivity index (χ0n) is 15.2. The van der Waals surface area contributed by atoms with Crippen molar-refractivity contribution in [2.45, 2.75) is 51.0 Å². The largest absolute Gasteiger partial charge is 0.367 e. The zero-order chi connectivity index (χ0) is 17.8. The van der Waals surface area contributed by atoms with Crippen molar-refractivity contribution in [2.75, 3.05) is 18.4 Å². The molecule has 0 spiro atoms. The molecule has 26 heavy (non-hydrogen) atoms. The molecule has 1 saturated heterocycles. The second kappa shape index (κ2) is 7.85. The van der Waals surface area contributed by atoms with Crippen molar-refractivity contribution in [3.8, 4) is 11.3 Å². The fourth-order valence-corrected chi connectivity index (χ4v) is 3.96. The van der Waals surface area contributed by atoms with Crippen LogP contribution >= 0.6 is 0 Å². The molecule has 2 heterocycles. The van der Waals surface area contributed by atoms with Crippen LogP contribution in [0.1, 0.15) is 55.3 Å². The van der Waals surface area contributed by atoms with E-state index >= 15 is 0 Å². The van der Waals surface area contributed by atoms with E-state index in [4.69, 9.17) is 0 Å². The topological polar surface area (TPSA) is 58.1 Å². The molecule has 4 rings (SSSR count). The van der Waals surface area contributed by atoms with Gasteiger partial charge in [0.15, 0.2) is 0 Å². The summed E-state index contributed by atoms with van der Waals surface area (Å²) >= 11 is 0. The monoisotopic (exact) mass is 350 g/mol. The smallest absolute Gasteiger partial charge is 0.253 e. The minimum Gasteiger partial charge on any atom is -0.367 e. The summed E-state index contributed by atoms with van der Waals surface area (Å²) < 4.78 is 0. The molecule has 2 fully saturated rings. The molecule has 0 bridgehead atoms. The van der Waals surface area contributed by atoms with Crippen LogP contribution in [0.4, 0.5) is 5.82 Å². The Morgan fingerprint density at radius 2 is 1.81 bits per heavy atom. The fourth-order valence-electron chi connectivity index (χ4n) is 3.96. The lowest BCUT2D eigenvalue weighted by Crippen LogP contribution is -2.27. The summed E-state index contributed by atoms with van der Waals surface area (Å²) in [4.78, 5) is 23.4. The molecule has 1 aromatic carbocycles. The van der Waals surface area contributed by atoms with Gasteiger partial charge in [-0.1, -0.05) is 31.4 Å². The van der Waals surface area contributed by atoms with Gasteiger partial charge in [0.2, 0.25) is 0 Å². The van der Waals surface area contributed by atoms with Gasteiger partial charge >= 0.3 is 0 Å². The Balaban J connectivity index is 1.52. The molecule has 1 N–H and O–H groups in total. The number of nitrogens with one attached hydrogen (secondary N) is 1. The molecule has 1 saturated carbocycles. The maximum absolute atomic E-state index is 12.6. The van der Waals surface area contributed by atoms with Gasteiger partial charge in [-0.25, -0.2) is 9.97 Å². The van der Waals surface area contributed by atoms with E-state index in [1.807, 2.05) is 35.2 Å². The number of carbonyl (C=O) groups is 1. The van der Waals surface area contributed by atoms with E-state index in [0.717, 1.165) is 48.6 Å². The summed E-state index contributed by atoms with van der Waals surface area (Å²) in [5, 5.41) is 3.55. The van der Waals surface area contributed by atoms with E-state index in [1.165, 1.54) is 32.1 Å². The molecule has 1 aliphatic carbocycles. The van der Waals surface area contributed by atoms with E-state index < -0.39 is 0 Å². The number of carbonyl (C=O) groups excluding carboxylic acids is 1. The highest BCUT2D eigenvalue weighted by Gasteiger charge is 2.20. The lowest BCUT2D eigenvalue weighted by atomic mass is 9.95. The maximum Gasteiger partial charge on any atom is 0.253 e. The highest BCUT2D eigenvalue weighted by molar-refractivity contribution is 5.95. The third-order valence-electron chi connectivity index (χ3n) is 5.42. The molecule has 2 aliphatic rings. The summed E-state index contributed by atoms with van der Waals surface area (Å²) in [6, 6.07) is 10.3. The van der Waals surface area contributed by atoms with Crippen molar-refractivity contribution < 1.29 is 4.79 Å². The van der Waals surface area contributed by atoms with Crippen LogP contribution in [0.3, 0.4) is 0 Å². The van der Waals surface area contributed by atoms with Crippen LogP contribution in [-0.2, 0) is 0 Å². The van der Waals surface area contributed by atoms with Crippen LogP contribution in [-0.4, -0.2) is 39.9 Å². The number of aromatic nitrogens is 2. The molecule has 2 aromatic rings. The van der Waals surface area contributed by atoms with Gasteiger partial charge < -0.3 is 10.2 Å². The molecular formula is C21H26N4O. The van der Waals surface area contributed by atoms with Gasteiger partial charge in [-0.2, -0.15) is 0 Å².